The number of amides is 2. The zero-order valence-corrected chi connectivity index (χ0v) is 16.3. The molecule has 0 aliphatic heterocycles. The molecular weight excluding hydrogens is 402 g/mol. The number of halogens is 2. The molecule has 156 valence electrons. The lowest BCUT2D eigenvalue weighted by Crippen LogP contribution is -2.23. The molecule has 0 saturated heterocycles. The number of imidazole rings is 1. The number of fused-ring (bicyclic) bond motifs is 1. The Morgan fingerprint density at radius 1 is 0.968 bits per heavy atom. The largest absolute Gasteiger partial charge is 0.348 e. The van der Waals surface area contributed by atoms with Crippen molar-refractivity contribution in [2.75, 3.05) is 5.32 Å². The standard InChI is InChI=1S/C23H18F2N4O2/c24-18-3-6-20(25)17(12-18)13-22(30)28-19-4-1-16(2-5-19)23(31)27-14-15-7-9-29-10-8-26-21(29)11-15/h1-12H,13-14H2,(H,27,31)(H,28,30). The Morgan fingerprint density at radius 3 is 2.58 bits per heavy atom. The molecule has 4 aromatic rings. The topological polar surface area (TPSA) is 75.5 Å². The first-order valence-corrected chi connectivity index (χ1v) is 9.51. The molecule has 0 bridgehead atoms. The second kappa shape index (κ2) is 8.74. The second-order valence-corrected chi connectivity index (χ2v) is 6.95. The van der Waals surface area contributed by atoms with Crippen LogP contribution in [0.25, 0.3) is 5.65 Å². The van der Waals surface area contributed by atoms with Gasteiger partial charge in [0.2, 0.25) is 5.91 Å². The highest BCUT2D eigenvalue weighted by Crippen LogP contribution is 2.14. The molecule has 0 fully saturated rings. The normalized spacial score (nSPS) is 10.8. The minimum atomic E-state index is -0.643. The second-order valence-electron chi connectivity index (χ2n) is 6.95. The van der Waals surface area contributed by atoms with Gasteiger partial charge >= 0.3 is 0 Å². The average Bonchev–Trinajstić information content (AvgIpc) is 3.23. The molecule has 2 aromatic carbocycles. The summed E-state index contributed by atoms with van der Waals surface area (Å²) >= 11 is 0. The first-order valence-electron chi connectivity index (χ1n) is 9.51. The molecule has 0 radical (unpaired) electrons. The predicted octanol–water partition coefficient (Wildman–Crippen LogP) is 3.72. The van der Waals surface area contributed by atoms with E-state index in [1.54, 1.807) is 30.5 Å². The smallest absolute Gasteiger partial charge is 0.251 e. The van der Waals surface area contributed by atoms with E-state index in [4.69, 9.17) is 0 Å². The summed E-state index contributed by atoms with van der Waals surface area (Å²) in [6.45, 7) is 0.347. The van der Waals surface area contributed by atoms with Crippen LogP contribution in [0.2, 0.25) is 0 Å². The molecule has 2 N–H and O–H groups in total. The van der Waals surface area contributed by atoms with Crippen LogP contribution >= 0.6 is 0 Å². The van der Waals surface area contributed by atoms with Gasteiger partial charge in [-0.1, -0.05) is 0 Å². The van der Waals surface area contributed by atoms with Gasteiger partial charge in [0.25, 0.3) is 5.91 Å². The number of nitrogens with one attached hydrogen (secondary N) is 2. The average molecular weight is 420 g/mol. The maximum Gasteiger partial charge on any atom is 0.251 e. The van der Waals surface area contributed by atoms with Crippen molar-refractivity contribution in [1.82, 2.24) is 14.7 Å². The zero-order valence-electron chi connectivity index (χ0n) is 16.3. The maximum absolute atomic E-state index is 13.7. The van der Waals surface area contributed by atoms with Gasteiger partial charge in [-0.25, -0.2) is 13.8 Å². The van der Waals surface area contributed by atoms with Crippen molar-refractivity contribution < 1.29 is 18.4 Å². The highest BCUT2D eigenvalue weighted by Gasteiger charge is 2.11. The van der Waals surface area contributed by atoms with Crippen LogP contribution in [-0.4, -0.2) is 21.2 Å². The summed E-state index contributed by atoms with van der Waals surface area (Å²) in [5.74, 6) is -2.00. The van der Waals surface area contributed by atoms with E-state index in [0.717, 1.165) is 29.4 Å². The maximum atomic E-state index is 13.7. The third kappa shape index (κ3) is 4.92. The van der Waals surface area contributed by atoms with Gasteiger partial charge in [-0.15, -0.1) is 0 Å². The van der Waals surface area contributed by atoms with Crippen LogP contribution in [0.5, 0.6) is 0 Å². The van der Waals surface area contributed by atoms with Crippen molar-refractivity contribution in [3.05, 3.63) is 102 Å². The summed E-state index contributed by atoms with van der Waals surface area (Å²) < 4.78 is 28.8. The fraction of sp³-hybridized carbons (Fsp3) is 0.0870. The van der Waals surface area contributed by atoms with Crippen molar-refractivity contribution in [3.8, 4) is 0 Å². The highest BCUT2D eigenvalue weighted by atomic mass is 19.1. The number of hydrogen-bond acceptors (Lipinski definition) is 3. The number of nitrogens with zero attached hydrogens (tertiary/aromatic N) is 2. The lowest BCUT2D eigenvalue weighted by Gasteiger charge is -2.09. The van der Waals surface area contributed by atoms with E-state index in [1.165, 1.54) is 0 Å². The molecule has 0 atom stereocenters. The number of carbonyl (C=O) groups is 2. The van der Waals surface area contributed by atoms with Gasteiger partial charge in [0.1, 0.15) is 17.3 Å². The molecule has 31 heavy (non-hydrogen) atoms. The lowest BCUT2D eigenvalue weighted by molar-refractivity contribution is -0.115. The summed E-state index contributed by atoms with van der Waals surface area (Å²) in [6.07, 6.45) is 5.11. The Labute approximate surface area is 176 Å². The van der Waals surface area contributed by atoms with Crippen molar-refractivity contribution in [2.45, 2.75) is 13.0 Å². The molecule has 8 heteroatoms. The van der Waals surface area contributed by atoms with Crippen LogP contribution in [0.15, 0.2) is 73.2 Å². The van der Waals surface area contributed by atoms with Crippen LogP contribution in [0.4, 0.5) is 14.5 Å². The quantitative estimate of drug-likeness (QED) is 0.499. The van der Waals surface area contributed by atoms with Gasteiger partial charge in [-0.3, -0.25) is 9.59 Å². The first-order chi connectivity index (χ1) is 15.0. The molecule has 0 aliphatic carbocycles. The van der Waals surface area contributed by atoms with Gasteiger partial charge in [-0.2, -0.15) is 0 Å². The molecule has 6 nitrogen and oxygen atoms in total. The Balaban J connectivity index is 1.33. The fourth-order valence-corrected chi connectivity index (χ4v) is 3.11. The van der Waals surface area contributed by atoms with Crippen LogP contribution in [0.1, 0.15) is 21.5 Å². The third-order valence-corrected chi connectivity index (χ3v) is 4.71. The number of carbonyl (C=O) groups excluding carboxylic acids is 2. The molecule has 0 aliphatic rings. The zero-order chi connectivity index (χ0) is 21.8. The van der Waals surface area contributed by atoms with Gasteiger partial charge < -0.3 is 15.0 Å². The number of aromatic nitrogens is 2. The van der Waals surface area contributed by atoms with E-state index >= 15 is 0 Å². The van der Waals surface area contributed by atoms with Gasteiger partial charge in [-0.05, 0) is 60.2 Å². The number of hydrogen-bond donors (Lipinski definition) is 2. The third-order valence-electron chi connectivity index (χ3n) is 4.71. The molecule has 0 saturated carbocycles. The summed E-state index contributed by atoms with van der Waals surface area (Å²) in [4.78, 5) is 28.7. The van der Waals surface area contributed by atoms with E-state index in [0.29, 0.717) is 17.8 Å². The molecular formula is C23H18F2N4O2. The van der Waals surface area contributed by atoms with Crippen LogP contribution in [-0.2, 0) is 17.8 Å². The van der Waals surface area contributed by atoms with E-state index in [9.17, 15) is 18.4 Å². The lowest BCUT2D eigenvalue weighted by atomic mass is 10.1. The Hall–Kier alpha value is -4.07. The molecule has 2 amide bonds. The van der Waals surface area contributed by atoms with Crippen LogP contribution < -0.4 is 10.6 Å². The minimum Gasteiger partial charge on any atom is -0.348 e. The number of pyridine rings is 1. The summed E-state index contributed by atoms with van der Waals surface area (Å²) in [6, 6.07) is 13.1. The number of anilines is 1. The van der Waals surface area contributed by atoms with Crippen molar-refractivity contribution in [1.29, 1.82) is 0 Å². The fourth-order valence-electron chi connectivity index (χ4n) is 3.11. The highest BCUT2D eigenvalue weighted by molar-refractivity contribution is 5.96. The molecule has 2 heterocycles. The molecule has 2 aromatic heterocycles. The Bertz CT molecular complexity index is 1250. The number of benzene rings is 2. The monoisotopic (exact) mass is 420 g/mol. The predicted molar refractivity (Wildman–Crippen MR) is 111 cm³/mol. The Kier molecular flexibility index (Phi) is 5.70. The Morgan fingerprint density at radius 2 is 1.77 bits per heavy atom. The van der Waals surface area contributed by atoms with Gasteiger partial charge in [0, 0.05) is 41.9 Å². The number of rotatable bonds is 6. The summed E-state index contributed by atoms with van der Waals surface area (Å²) in [7, 11) is 0. The van der Waals surface area contributed by atoms with Gasteiger partial charge in [0.05, 0.1) is 6.42 Å². The van der Waals surface area contributed by atoms with Crippen molar-refractivity contribution >= 4 is 23.1 Å². The molecule has 4 rings (SSSR count). The van der Waals surface area contributed by atoms with E-state index in [-0.39, 0.29) is 17.9 Å². The molecule has 0 unspecified atom stereocenters. The van der Waals surface area contributed by atoms with E-state index in [2.05, 4.69) is 15.6 Å². The first kappa shape index (κ1) is 20.2. The SMILES string of the molecule is O=C(Cc1cc(F)ccc1F)Nc1ccc(C(=O)NCc2ccn3ccnc3c2)cc1. The summed E-state index contributed by atoms with van der Waals surface area (Å²) in [5.41, 5.74) is 2.56. The van der Waals surface area contributed by atoms with Crippen LogP contribution in [0.3, 0.4) is 0 Å². The van der Waals surface area contributed by atoms with E-state index < -0.39 is 17.5 Å². The van der Waals surface area contributed by atoms with Crippen LogP contribution in [0, 0.1) is 11.6 Å². The summed E-state index contributed by atoms with van der Waals surface area (Å²) in [5, 5.41) is 5.44. The van der Waals surface area contributed by atoms with Crippen molar-refractivity contribution in [3.63, 3.8) is 0 Å². The van der Waals surface area contributed by atoms with Crippen molar-refractivity contribution in [2.24, 2.45) is 0 Å². The van der Waals surface area contributed by atoms with Gasteiger partial charge in [0.15, 0.2) is 0 Å². The van der Waals surface area contributed by atoms with E-state index in [1.807, 2.05) is 28.9 Å². The minimum absolute atomic E-state index is 0.0259. The molecule has 0 spiro atoms.